The first-order valence-electron chi connectivity index (χ1n) is 5.55. The molecule has 0 atom stereocenters. The molecule has 2 aromatic rings. The molecular weight excluding hydrogens is 282 g/mol. The highest BCUT2D eigenvalue weighted by molar-refractivity contribution is 7.82. The predicted octanol–water partition coefficient (Wildman–Crippen LogP) is 3.93. The van der Waals surface area contributed by atoms with Crippen LogP contribution in [0.4, 0.5) is 16.3 Å². The van der Waals surface area contributed by atoms with E-state index in [9.17, 15) is 4.79 Å². The highest BCUT2D eigenvalue weighted by Gasteiger charge is 2.15. The Bertz CT molecular complexity index is 592. The van der Waals surface area contributed by atoms with E-state index in [1.807, 2.05) is 13.0 Å². The van der Waals surface area contributed by atoms with Gasteiger partial charge in [-0.2, -0.15) is 0 Å². The van der Waals surface area contributed by atoms with Gasteiger partial charge in [0.15, 0.2) is 0 Å². The number of anilines is 2. The lowest BCUT2D eigenvalue weighted by molar-refractivity contribution is 0.260. The highest BCUT2D eigenvalue weighted by Crippen LogP contribution is 2.26. The van der Waals surface area contributed by atoms with Crippen molar-refractivity contribution < 1.29 is 4.79 Å². The van der Waals surface area contributed by atoms with Gasteiger partial charge in [0.05, 0.1) is 5.69 Å². The van der Waals surface area contributed by atoms with Crippen LogP contribution in [0.15, 0.2) is 42.6 Å². The number of benzene rings is 1. The second kappa shape index (κ2) is 5.95. The summed E-state index contributed by atoms with van der Waals surface area (Å²) in [6.45, 7) is 1.88. The van der Waals surface area contributed by atoms with E-state index in [-0.39, 0.29) is 0 Å². The minimum absolute atomic E-state index is 0.396. The molecule has 19 heavy (non-hydrogen) atoms. The Morgan fingerprint density at radius 2 is 2.16 bits per heavy atom. The molecule has 2 rings (SSSR count). The molecule has 98 valence electrons. The summed E-state index contributed by atoms with van der Waals surface area (Å²) in [5, 5.41) is 3.19. The van der Waals surface area contributed by atoms with Gasteiger partial charge in [-0.3, -0.25) is 5.32 Å². The number of rotatable bonds is 2. The number of nitrogens with zero attached hydrogens (tertiary/aromatic N) is 2. The van der Waals surface area contributed by atoms with Gasteiger partial charge in [-0.1, -0.05) is 36.5 Å². The Balaban J connectivity index is 2.17. The number of carbonyl (C=O) groups is 1. The number of thiol groups is 1. The Morgan fingerprint density at radius 3 is 2.84 bits per heavy atom. The Kier molecular flexibility index (Phi) is 4.29. The molecule has 0 saturated carbocycles. The molecule has 0 radical (unpaired) electrons. The second-order valence-electron chi connectivity index (χ2n) is 3.89. The van der Waals surface area contributed by atoms with Crippen molar-refractivity contribution in [2.45, 2.75) is 6.92 Å². The van der Waals surface area contributed by atoms with E-state index in [4.69, 9.17) is 11.6 Å². The first-order valence-corrected chi connectivity index (χ1v) is 6.33. The monoisotopic (exact) mass is 293 g/mol. The molecule has 2 amide bonds. The largest absolute Gasteiger partial charge is 0.337 e. The molecule has 6 heteroatoms. The molecular formula is C13H12ClN3OS. The second-order valence-corrected chi connectivity index (χ2v) is 4.72. The van der Waals surface area contributed by atoms with Crippen LogP contribution in [0.25, 0.3) is 0 Å². The third-order valence-corrected chi connectivity index (χ3v) is 3.12. The van der Waals surface area contributed by atoms with Crippen molar-refractivity contribution in [3.8, 4) is 0 Å². The van der Waals surface area contributed by atoms with Gasteiger partial charge >= 0.3 is 6.03 Å². The normalized spacial score (nSPS) is 10.1. The zero-order valence-electron chi connectivity index (χ0n) is 10.2. The number of halogens is 1. The fraction of sp³-hybridized carbons (Fsp3) is 0.0769. The first-order chi connectivity index (χ1) is 9.08. The number of urea groups is 1. The van der Waals surface area contributed by atoms with Gasteiger partial charge in [0.25, 0.3) is 0 Å². The number of hydrogen-bond donors (Lipinski definition) is 2. The van der Waals surface area contributed by atoms with Gasteiger partial charge in [-0.05, 0) is 36.8 Å². The standard InChI is InChI=1S/C13H12ClN3OS/c1-9-5-6-10(14)8-11(9)17(19)13(18)16-12-4-2-3-7-15-12/h2-8,19H,1H3,(H,15,16,18). The van der Waals surface area contributed by atoms with Gasteiger partial charge in [0, 0.05) is 11.2 Å². The highest BCUT2D eigenvalue weighted by atomic mass is 35.5. The molecule has 0 aliphatic carbocycles. The quantitative estimate of drug-likeness (QED) is 0.824. The summed E-state index contributed by atoms with van der Waals surface area (Å²) < 4.78 is 1.20. The fourth-order valence-corrected chi connectivity index (χ4v) is 1.95. The van der Waals surface area contributed by atoms with Crippen molar-refractivity contribution in [3.63, 3.8) is 0 Å². The minimum Gasteiger partial charge on any atom is -0.291 e. The summed E-state index contributed by atoms with van der Waals surface area (Å²) in [5.74, 6) is 0.464. The number of carbonyl (C=O) groups excluding carboxylic acids is 1. The smallest absolute Gasteiger partial charge is 0.291 e. The summed E-state index contributed by atoms with van der Waals surface area (Å²) in [5.41, 5.74) is 1.53. The van der Waals surface area contributed by atoms with E-state index < -0.39 is 6.03 Å². The van der Waals surface area contributed by atoms with E-state index in [0.29, 0.717) is 16.5 Å². The summed E-state index contributed by atoms with van der Waals surface area (Å²) in [7, 11) is 0. The van der Waals surface area contributed by atoms with Crippen LogP contribution in [0.1, 0.15) is 5.56 Å². The Morgan fingerprint density at radius 1 is 1.37 bits per heavy atom. The first kappa shape index (κ1) is 13.7. The van der Waals surface area contributed by atoms with E-state index in [2.05, 4.69) is 23.1 Å². The lowest BCUT2D eigenvalue weighted by atomic mass is 10.2. The number of pyridine rings is 1. The van der Waals surface area contributed by atoms with E-state index >= 15 is 0 Å². The van der Waals surface area contributed by atoms with Crippen LogP contribution in [0.2, 0.25) is 5.02 Å². The van der Waals surface area contributed by atoms with Gasteiger partial charge < -0.3 is 0 Å². The van der Waals surface area contributed by atoms with Crippen molar-refractivity contribution in [3.05, 3.63) is 53.2 Å². The molecule has 1 aromatic carbocycles. The molecule has 1 heterocycles. The van der Waals surface area contributed by atoms with Crippen molar-refractivity contribution in [1.82, 2.24) is 4.98 Å². The molecule has 0 aliphatic heterocycles. The molecule has 1 aromatic heterocycles. The number of hydrogen-bond acceptors (Lipinski definition) is 3. The van der Waals surface area contributed by atoms with Gasteiger partial charge in [0.1, 0.15) is 5.82 Å². The summed E-state index contributed by atoms with van der Waals surface area (Å²) >= 11 is 10.1. The van der Waals surface area contributed by atoms with Crippen molar-refractivity contribution in [1.29, 1.82) is 0 Å². The van der Waals surface area contributed by atoms with Crippen molar-refractivity contribution >= 4 is 42.0 Å². The average molecular weight is 294 g/mol. The molecule has 4 nitrogen and oxygen atoms in total. The van der Waals surface area contributed by atoms with Crippen molar-refractivity contribution in [2.75, 3.05) is 9.62 Å². The molecule has 0 saturated heterocycles. The Labute approximate surface area is 122 Å². The minimum atomic E-state index is -0.396. The average Bonchev–Trinajstić information content (AvgIpc) is 2.42. The molecule has 1 N–H and O–H groups in total. The van der Waals surface area contributed by atoms with Crippen LogP contribution >= 0.6 is 24.4 Å². The topological polar surface area (TPSA) is 45.2 Å². The van der Waals surface area contributed by atoms with E-state index in [1.165, 1.54) is 4.31 Å². The maximum absolute atomic E-state index is 12.0. The van der Waals surface area contributed by atoms with Crippen LogP contribution < -0.4 is 9.62 Å². The van der Waals surface area contributed by atoms with Crippen LogP contribution in [-0.2, 0) is 0 Å². The lowest BCUT2D eigenvalue weighted by Crippen LogP contribution is -2.27. The predicted molar refractivity (Wildman–Crippen MR) is 80.9 cm³/mol. The maximum Gasteiger partial charge on any atom is 0.337 e. The third kappa shape index (κ3) is 3.39. The lowest BCUT2D eigenvalue weighted by Gasteiger charge is -2.18. The number of amides is 2. The van der Waals surface area contributed by atoms with Crippen LogP contribution in [0.3, 0.4) is 0 Å². The maximum atomic E-state index is 12.0. The fourth-order valence-electron chi connectivity index (χ4n) is 1.52. The zero-order chi connectivity index (χ0) is 13.8. The molecule has 0 aliphatic rings. The van der Waals surface area contributed by atoms with E-state index in [0.717, 1.165) is 5.56 Å². The number of aryl methyl sites for hydroxylation is 1. The van der Waals surface area contributed by atoms with Gasteiger partial charge in [-0.15, -0.1) is 0 Å². The SMILES string of the molecule is Cc1ccc(Cl)cc1N(S)C(=O)Nc1ccccn1. The Hall–Kier alpha value is -1.72. The van der Waals surface area contributed by atoms with Crippen molar-refractivity contribution in [2.24, 2.45) is 0 Å². The summed E-state index contributed by atoms with van der Waals surface area (Å²) in [4.78, 5) is 16.0. The molecule has 0 spiro atoms. The van der Waals surface area contributed by atoms with Crippen LogP contribution in [-0.4, -0.2) is 11.0 Å². The van der Waals surface area contributed by atoms with Gasteiger partial charge in [-0.25, -0.2) is 14.1 Å². The zero-order valence-corrected chi connectivity index (χ0v) is 11.8. The summed E-state index contributed by atoms with van der Waals surface area (Å²) in [6.07, 6.45) is 1.60. The molecule has 0 unspecified atom stereocenters. The van der Waals surface area contributed by atoms with E-state index in [1.54, 1.807) is 36.5 Å². The summed E-state index contributed by atoms with van der Waals surface area (Å²) in [6, 6.07) is 10.1. The van der Waals surface area contributed by atoms with Crippen LogP contribution in [0.5, 0.6) is 0 Å². The number of aromatic nitrogens is 1. The molecule has 0 bridgehead atoms. The van der Waals surface area contributed by atoms with Gasteiger partial charge in [0.2, 0.25) is 0 Å². The molecule has 0 fully saturated rings. The third-order valence-electron chi connectivity index (χ3n) is 2.49. The van der Waals surface area contributed by atoms with Crippen LogP contribution in [0, 0.1) is 6.92 Å². The number of nitrogens with one attached hydrogen (secondary N) is 1.